The van der Waals surface area contributed by atoms with Crippen molar-refractivity contribution >= 4 is 0 Å². The first-order valence-electron chi connectivity index (χ1n) is 4.03. The van der Waals surface area contributed by atoms with Crippen LogP contribution in [0.2, 0.25) is 0 Å². The van der Waals surface area contributed by atoms with E-state index in [1.54, 1.807) is 13.2 Å². The summed E-state index contributed by atoms with van der Waals surface area (Å²) in [6.07, 6.45) is -0.597. The SMILES string of the molecule is COc1cccc(C(O)CNN)c1. The summed E-state index contributed by atoms with van der Waals surface area (Å²) in [7, 11) is 1.59. The molecule has 4 N–H and O–H groups in total. The molecule has 0 heterocycles. The largest absolute Gasteiger partial charge is 0.497 e. The van der Waals surface area contributed by atoms with E-state index in [0.717, 1.165) is 11.3 Å². The molecule has 0 saturated carbocycles. The number of hydrogen-bond donors (Lipinski definition) is 3. The van der Waals surface area contributed by atoms with Gasteiger partial charge >= 0.3 is 0 Å². The quantitative estimate of drug-likeness (QED) is 0.459. The molecule has 0 radical (unpaired) electrons. The van der Waals surface area contributed by atoms with E-state index in [1.165, 1.54) is 0 Å². The smallest absolute Gasteiger partial charge is 0.119 e. The van der Waals surface area contributed by atoms with Crippen molar-refractivity contribution in [2.24, 2.45) is 5.84 Å². The Labute approximate surface area is 77.3 Å². The third kappa shape index (κ3) is 2.69. The minimum absolute atomic E-state index is 0.327. The predicted molar refractivity (Wildman–Crippen MR) is 50.1 cm³/mol. The number of methoxy groups -OCH3 is 1. The maximum Gasteiger partial charge on any atom is 0.119 e. The third-order valence-electron chi connectivity index (χ3n) is 1.79. The Balaban J connectivity index is 2.75. The lowest BCUT2D eigenvalue weighted by Crippen LogP contribution is -2.27. The average Bonchev–Trinajstić information content (AvgIpc) is 2.18. The Morgan fingerprint density at radius 2 is 2.38 bits per heavy atom. The average molecular weight is 182 g/mol. The fourth-order valence-corrected chi connectivity index (χ4v) is 1.08. The molecule has 0 aliphatic rings. The van der Waals surface area contributed by atoms with Crippen LogP contribution in [0.15, 0.2) is 24.3 Å². The Bertz CT molecular complexity index is 266. The Kier molecular flexibility index (Phi) is 3.70. The second-order valence-electron chi connectivity index (χ2n) is 2.70. The molecular weight excluding hydrogens is 168 g/mol. The number of rotatable bonds is 4. The molecule has 0 spiro atoms. The highest BCUT2D eigenvalue weighted by Crippen LogP contribution is 2.18. The fraction of sp³-hybridized carbons (Fsp3) is 0.333. The Hall–Kier alpha value is -1.10. The van der Waals surface area contributed by atoms with E-state index in [0.29, 0.717) is 6.54 Å². The van der Waals surface area contributed by atoms with Crippen LogP contribution in [0.1, 0.15) is 11.7 Å². The van der Waals surface area contributed by atoms with Crippen LogP contribution in [0.25, 0.3) is 0 Å². The summed E-state index contributed by atoms with van der Waals surface area (Å²) in [4.78, 5) is 0. The monoisotopic (exact) mass is 182 g/mol. The van der Waals surface area contributed by atoms with Crippen molar-refractivity contribution in [3.05, 3.63) is 29.8 Å². The highest BCUT2D eigenvalue weighted by molar-refractivity contribution is 5.29. The van der Waals surface area contributed by atoms with Gasteiger partial charge in [0.25, 0.3) is 0 Å². The van der Waals surface area contributed by atoms with Crippen LogP contribution in [-0.2, 0) is 0 Å². The lowest BCUT2D eigenvalue weighted by atomic mass is 10.1. The van der Waals surface area contributed by atoms with Crippen molar-refractivity contribution in [2.75, 3.05) is 13.7 Å². The van der Waals surface area contributed by atoms with Crippen molar-refractivity contribution in [1.29, 1.82) is 0 Å². The lowest BCUT2D eigenvalue weighted by Gasteiger charge is -2.10. The van der Waals surface area contributed by atoms with Crippen LogP contribution in [0.4, 0.5) is 0 Å². The number of aliphatic hydroxyl groups is 1. The van der Waals surface area contributed by atoms with E-state index in [-0.39, 0.29) is 0 Å². The summed E-state index contributed by atoms with van der Waals surface area (Å²) in [5.74, 6) is 5.83. The van der Waals surface area contributed by atoms with Gasteiger partial charge in [0.1, 0.15) is 5.75 Å². The first kappa shape index (κ1) is 9.98. The van der Waals surface area contributed by atoms with E-state index in [1.807, 2.05) is 18.2 Å². The molecule has 4 heteroatoms. The van der Waals surface area contributed by atoms with Crippen molar-refractivity contribution in [3.8, 4) is 5.75 Å². The first-order chi connectivity index (χ1) is 6.27. The highest BCUT2D eigenvalue weighted by Gasteiger charge is 2.06. The molecule has 0 bridgehead atoms. The second-order valence-corrected chi connectivity index (χ2v) is 2.70. The van der Waals surface area contributed by atoms with Crippen LogP contribution in [0.5, 0.6) is 5.75 Å². The van der Waals surface area contributed by atoms with Gasteiger partial charge in [-0.05, 0) is 17.7 Å². The molecular formula is C9H14N2O2. The Morgan fingerprint density at radius 1 is 1.62 bits per heavy atom. The lowest BCUT2D eigenvalue weighted by molar-refractivity contribution is 0.175. The molecule has 0 amide bonds. The van der Waals surface area contributed by atoms with Gasteiger partial charge in [-0.3, -0.25) is 11.3 Å². The van der Waals surface area contributed by atoms with Crippen molar-refractivity contribution in [3.63, 3.8) is 0 Å². The van der Waals surface area contributed by atoms with Gasteiger partial charge < -0.3 is 9.84 Å². The van der Waals surface area contributed by atoms with Gasteiger partial charge in [0.05, 0.1) is 13.2 Å². The van der Waals surface area contributed by atoms with Crippen molar-refractivity contribution in [2.45, 2.75) is 6.10 Å². The summed E-state index contributed by atoms with van der Waals surface area (Å²) in [6.45, 7) is 0.327. The summed E-state index contributed by atoms with van der Waals surface area (Å²) in [6, 6.07) is 7.26. The molecule has 1 unspecified atom stereocenters. The van der Waals surface area contributed by atoms with Crippen LogP contribution in [0, 0.1) is 0 Å². The van der Waals surface area contributed by atoms with Crippen LogP contribution >= 0.6 is 0 Å². The van der Waals surface area contributed by atoms with Crippen molar-refractivity contribution in [1.82, 2.24) is 5.43 Å². The topological polar surface area (TPSA) is 67.5 Å². The molecule has 1 rings (SSSR count). The Morgan fingerprint density at radius 3 is 3.00 bits per heavy atom. The molecule has 0 aliphatic heterocycles. The molecule has 1 aromatic carbocycles. The molecule has 13 heavy (non-hydrogen) atoms. The summed E-state index contributed by atoms with van der Waals surface area (Å²) < 4.78 is 5.02. The number of nitrogens with one attached hydrogen (secondary N) is 1. The molecule has 1 aromatic rings. The zero-order valence-corrected chi connectivity index (χ0v) is 7.53. The number of hydrazine groups is 1. The zero-order chi connectivity index (χ0) is 9.68. The van der Waals surface area contributed by atoms with Crippen molar-refractivity contribution < 1.29 is 9.84 Å². The molecule has 0 fully saturated rings. The van der Waals surface area contributed by atoms with Gasteiger partial charge in [-0.25, -0.2) is 0 Å². The maximum atomic E-state index is 9.54. The highest BCUT2D eigenvalue weighted by atomic mass is 16.5. The van der Waals surface area contributed by atoms with Gasteiger partial charge in [-0.1, -0.05) is 12.1 Å². The van der Waals surface area contributed by atoms with E-state index in [4.69, 9.17) is 10.6 Å². The van der Waals surface area contributed by atoms with E-state index in [9.17, 15) is 5.11 Å². The standard InChI is InChI=1S/C9H14N2O2/c1-13-8-4-2-3-7(5-8)9(12)6-11-10/h2-5,9,11-12H,6,10H2,1H3. The number of benzene rings is 1. The van der Waals surface area contributed by atoms with E-state index >= 15 is 0 Å². The molecule has 72 valence electrons. The first-order valence-corrected chi connectivity index (χ1v) is 4.03. The van der Waals surface area contributed by atoms with Gasteiger partial charge in [0, 0.05) is 6.54 Å². The second kappa shape index (κ2) is 4.81. The summed E-state index contributed by atoms with van der Waals surface area (Å²) in [5, 5.41) is 9.54. The van der Waals surface area contributed by atoms with E-state index in [2.05, 4.69) is 5.43 Å². The minimum atomic E-state index is -0.597. The number of aliphatic hydroxyl groups excluding tert-OH is 1. The van der Waals surface area contributed by atoms with Crippen LogP contribution in [0.3, 0.4) is 0 Å². The maximum absolute atomic E-state index is 9.54. The van der Waals surface area contributed by atoms with Gasteiger partial charge in [-0.2, -0.15) is 0 Å². The van der Waals surface area contributed by atoms with Crippen LogP contribution in [-0.4, -0.2) is 18.8 Å². The minimum Gasteiger partial charge on any atom is -0.497 e. The van der Waals surface area contributed by atoms with Gasteiger partial charge in [0.2, 0.25) is 0 Å². The summed E-state index contributed by atoms with van der Waals surface area (Å²) >= 11 is 0. The van der Waals surface area contributed by atoms with E-state index < -0.39 is 6.10 Å². The van der Waals surface area contributed by atoms with Gasteiger partial charge in [0.15, 0.2) is 0 Å². The third-order valence-corrected chi connectivity index (χ3v) is 1.79. The molecule has 1 atom stereocenters. The van der Waals surface area contributed by atoms with Crippen LogP contribution < -0.4 is 16.0 Å². The zero-order valence-electron chi connectivity index (χ0n) is 7.53. The molecule has 0 aliphatic carbocycles. The normalized spacial score (nSPS) is 12.5. The molecule has 0 aromatic heterocycles. The molecule has 4 nitrogen and oxygen atoms in total. The number of hydrogen-bond acceptors (Lipinski definition) is 4. The number of nitrogens with two attached hydrogens (primary N) is 1. The fourth-order valence-electron chi connectivity index (χ4n) is 1.08. The van der Waals surface area contributed by atoms with Gasteiger partial charge in [-0.15, -0.1) is 0 Å². The molecule has 0 saturated heterocycles. The number of ether oxygens (including phenoxy) is 1. The summed E-state index contributed by atoms with van der Waals surface area (Å²) in [5.41, 5.74) is 3.20. The predicted octanol–water partition coefficient (Wildman–Crippen LogP) is 0.192.